The highest BCUT2D eigenvalue weighted by Crippen LogP contribution is 2.44. The van der Waals surface area contributed by atoms with E-state index in [0.29, 0.717) is 12.2 Å². The third-order valence-electron chi connectivity index (χ3n) is 4.98. The summed E-state index contributed by atoms with van der Waals surface area (Å²) in [4.78, 5) is 12.5. The lowest BCUT2D eigenvalue weighted by Gasteiger charge is -2.20. The summed E-state index contributed by atoms with van der Waals surface area (Å²) in [6, 6.07) is 17.1. The van der Waals surface area contributed by atoms with Crippen LogP contribution in [0.15, 0.2) is 54.6 Å². The third kappa shape index (κ3) is 3.14. The van der Waals surface area contributed by atoms with E-state index in [1.807, 2.05) is 6.92 Å². The topological polar surface area (TPSA) is 17.1 Å². The highest BCUT2D eigenvalue weighted by Gasteiger charge is 2.33. The van der Waals surface area contributed by atoms with Crippen LogP contribution in [0.4, 0.5) is 0 Å². The normalized spacial score (nSPS) is 20.4. The van der Waals surface area contributed by atoms with E-state index < -0.39 is 0 Å². The van der Waals surface area contributed by atoms with E-state index >= 15 is 0 Å². The van der Waals surface area contributed by atoms with Crippen LogP contribution in [0.5, 0.6) is 0 Å². The van der Waals surface area contributed by atoms with E-state index in [0.717, 1.165) is 6.42 Å². The van der Waals surface area contributed by atoms with Gasteiger partial charge in [-0.25, -0.2) is 0 Å². The lowest BCUT2D eigenvalue weighted by Crippen LogP contribution is -2.17. The number of benzene rings is 2. The van der Waals surface area contributed by atoms with Crippen molar-refractivity contribution in [2.75, 3.05) is 0 Å². The summed E-state index contributed by atoms with van der Waals surface area (Å²) in [6.45, 7) is 6.22. The minimum Gasteiger partial charge on any atom is -0.299 e. The number of carbonyl (C=O) groups is 1. The van der Waals surface area contributed by atoms with Gasteiger partial charge in [-0.1, -0.05) is 67.1 Å². The van der Waals surface area contributed by atoms with Crippen molar-refractivity contribution < 1.29 is 4.79 Å². The molecular weight excluding hydrogens is 280 g/mol. The van der Waals surface area contributed by atoms with Gasteiger partial charge in [0, 0.05) is 18.3 Å². The summed E-state index contributed by atoms with van der Waals surface area (Å²) in [6.07, 6.45) is 3.77. The number of ketones is 1. The monoisotopic (exact) mass is 304 g/mol. The van der Waals surface area contributed by atoms with Crippen LogP contribution in [0, 0.1) is 19.8 Å². The first-order valence-electron chi connectivity index (χ1n) is 8.46. The van der Waals surface area contributed by atoms with Crippen molar-refractivity contribution in [1.29, 1.82) is 0 Å². The van der Waals surface area contributed by atoms with E-state index in [-0.39, 0.29) is 11.8 Å². The number of hydrogen-bond donors (Lipinski definition) is 0. The van der Waals surface area contributed by atoms with Crippen molar-refractivity contribution in [3.05, 3.63) is 76.9 Å². The van der Waals surface area contributed by atoms with E-state index in [1.54, 1.807) is 0 Å². The standard InChI is InChI=1S/C22H24O/c1-4-22(23)21-14-18(17-11-9-15(2)10-12-17)13-20(21)19-8-6-5-7-16(19)3/h5-12,14,20-21H,4,13H2,1-3H3. The zero-order valence-electron chi connectivity index (χ0n) is 14.2. The molecule has 0 saturated heterocycles. The van der Waals surface area contributed by atoms with E-state index in [4.69, 9.17) is 0 Å². The first-order valence-corrected chi connectivity index (χ1v) is 8.46. The number of carbonyl (C=O) groups excluding carboxylic acids is 1. The van der Waals surface area contributed by atoms with Crippen LogP contribution in [-0.4, -0.2) is 5.78 Å². The fraction of sp³-hybridized carbons (Fsp3) is 0.318. The molecule has 1 aliphatic rings. The SMILES string of the molecule is CCC(=O)C1C=C(c2ccc(C)cc2)CC1c1ccccc1C. The Bertz CT molecular complexity index is 737. The quantitative estimate of drug-likeness (QED) is 0.732. The third-order valence-corrected chi connectivity index (χ3v) is 4.98. The van der Waals surface area contributed by atoms with Crippen LogP contribution in [-0.2, 0) is 4.79 Å². The second-order valence-electron chi connectivity index (χ2n) is 6.57. The Balaban J connectivity index is 1.97. The molecule has 2 aromatic rings. The molecule has 0 N–H and O–H groups in total. The van der Waals surface area contributed by atoms with Crippen LogP contribution in [0.3, 0.4) is 0 Å². The Hall–Kier alpha value is -2.15. The summed E-state index contributed by atoms with van der Waals surface area (Å²) >= 11 is 0. The minimum atomic E-state index is 0.0115. The molecule has 0 amide bonds. The van der Waals surface area contributed by atoms with Crippen molar-refractivity contribution >= 4 is 11.4 Å². The molecule has 1 heteroatoms. The number of hydrogen-bond acceptors (Lipinski definition) is 1. The van der Waals surface area contributed by atoms with Crippen molar-refractivity contribution in [3.63, 3.8) is 0 Å². The molecule has 0 bridgehead atoms. The molecule has 0 saturated carbocycles. The van der Waals surface area contributed by atoms with E-state index in [1.165, 1.54) is 27.8 Å². The van der Waals surface area contributed by atoms with Crippen molar-refractivity contribution in [1.82, 2.24) is 0 Å². The Morgan fingerprint density at radius 1 is 1.04 bits per heavy atom. The average Bonchev–Trinajstić information content (AvgIpc) is 3.00. The average molecular weight is 304 g/mol. The van der Waals surface area contributed by atoms with Crippen molar-refractivity contribution in [2.24, 2.45) is 5.92 Å². The minimum absolute atomic E-state index is 0.0115. The molecule has 0 aromatic heterocycles. The summed E-state index contributed by atoms with van der Waals surface area (Å²) in [5, 5.41) is 0. The molecule has 2 unspecified atom stereocenters. The van der Waals surface area contributed by atoms with Crippen LogP contribution in [0.1, 0.15) is 47.9 Å². The van der Waals surface area contributed by atoms with Gasteiger partial charge < -0.3 is 0 Å². The van der Waals surface area contributed by atoms with Gasteiger partial charge in [0.2, 0.25) is 0 Å². The molecule has 1 aliphatic carbocycles. The Morgan fingerprint density at radius 2 is 1.74 bits per heavy atom. The van der Waals surface area contributed by atoms with Crippen molar-refractivity contribution in [3.8, 4) is 0 Å². The second-order valence-corrected chi connectivity index (χ2v) is 6.57. The summed E-state index contributed by atoms with van der Waals surface area (Å²) in [5.41, 5.74) is 6.43. The zero-order valence-corrected chi connectivity index (χ0v) is 14.2. The smallest absolute Gasteiger partial charge is 0.140 e. The van der Waals surface area contributed by atoms with Gasteiger partial charge in [0.25, 0.3) is 0 Å². The highest BCUT2D eigenvalue weighted by molar-refractivity contribution is 5.88. The van der Waals surface area contributed by atoms with Gasteiger partial charge >= 0.3 is 0 Å². The summed E-state index contributed by atoms with van der Waals surface area (Å²) in [5.74, 6) is 0.637. The predicted octanol–water partition coefficient (Wildman–Crippen LogP) is 5.47. The summed E-state index contributed by atoms with van der Waals surface area (Å²) in [7, 11) is 0. The number of Topliss-reactive ketones (excluding diaryl/α,β-unsaturated/α-hetero) is 1. The van der Waals surface area contributed by atoms with Crippen LogP contribution in [0.2, 0.25) is 0 Å². The molecule has 2 aromatic carbocycles. The number of rotatable bonds is 4. The van der Waals surface area contributed by atoms with Crippen LogP contribution < -0.4 is 0 Å². The molecule has 3 rings (SSSR count). The molecule has 0 radical (unpaired) electrons. The Labute approximate surface area is 139 Å². The molecule has 1 nitrogen and oxygen atoms in total. The second kappa shape index (κ2) is 6.54. The fourth-order valence-electron chi connectivity index (χ4n) is 3.61. The van der Waals surface area contributed by atoms with Gasteiger partial charge in [0.05, 0.1) is 0 Å². The highest BCUT2D eigenvalue weighted by atomic mass is 16.1. The number of allylic oxidation sites excluding steroid dienone is 2. The molecule has 118 valence electrons. The van der Waals surface area contributed by atoms with E-state index in [9.17, 15) is 4.79 Å². The Morgan fingerprint density at radius 3 is 2.39 bits per heavy atom. The predicted molar refractivity (Wildman–Crippen MR) is 96.5 cm³/mol. The molecular formula is C22H24O. The maximum Gasteiger partial charge on any atom is 0.140 e. The largest absolute Gasteiger partial charge is 0.299 e. The maximum atomic E-state index is 12.5. The van der Waals surface area contributed by atoms with Gasteiger partial charge in [-0.3, -0.25) is 4.79 Å². The lowest BCUT2D eigenvalue weighted by molar-refractivity contribution is -0.121. The van der Waals surface area contributed by atoms with Crippen molar-refractivity contribution in [2.45, 2.75) is 39.5 Å². The first kappa shape index (κ1) is 15.7. The van der Waals surface area contributed by atoms with Crippen LogP contribution in [0.25, 0.3) is 5.57 Å². The van der Waals surface area contributed by atoms with Gasteiger partial charge in [-0.05, 0) is 42.5 Å². The number of aryl methyl sites for hydroxylation is 2. The lowest BCUT2D eigenvalue weighted by atomic mass is 9.82. The molecule has 0 fully saturated rings. The Kier molecular flexibility index (Phi) is 4.47. The molecule has 0 heterocycles. The first-order chi connectivity index (χ1) is 11.1. The van der Waals surface area contributed by atoms with Gasteiger partial charge in [-0.15, -0.1) is 0 Å². The van der Waals surface area contributed by atoms with E-state index in [2.05, 4.69) is 68.5 Å². The molecule has 0 spiro atoms. The van der Waals surface area contributed by atoms with Gasteiger partial charge in [0.1, 0.15) is 5.78 Å². The fourth-order valence-corrected chi connectivity index (χ4v) is 3.61. The molecule has 2 atom stereocenters. The van der Waals surface area contributed by atoms with Gasteiger partial charge in [0.15, 0.2) is 0 Å². The summed E-state index contributed by atoms with van der Waals surface area (Å²) < 4.78 is 0. The molecule has 23 heavy (non-hydrogen) atoms. The zero-order chi connectivity index (χ0) is 16.4. The maximum absolute atomic E-state index is 12.5. The van der Waals surface area contributed by atoms with Gasteiger partial charge in [-0.2, -0.15) is 0 Å². The molecule has 0 aliphatic heterocycles. The van der Waals surface area contributed by atoms with Crippen LogP contribution >= 0.6 is 0 Å².